The number of nitrogens with one attached hydrogen (secondary N) is 3. The minimum absolute atomic E-state index is 0.0145. The number of nitrogens with zero attached hydrogens (tertiary/aromatic N) is 2. The highest BCUT2D eigenvalue weighted by Gasteiger charge is 2.23. The summed E-state index contributed by atoms with van der Waals surface area (Å²) in [5.74, 6) is 2.30. The molecule has 1 fully saturated rings. The zero-order valence-corrected chi connectivity index (χ0v) is 25.9. The Morgan fingerprint density at radius 3 is 2.45 bits per heavy atom. The molecule has 10 heteroatoms. The van der Waals surface area contributed by atoms with Gasteiger partial charge in [0.1, 0.15) is 11.6 Å². The van der Waals surface area contributed by atoms with Crippen LogP contribution >= 0.6 is 0 Å². The van der Waals surface area contributed by atoms with Gasteiger partial charge >= 0.3 is 0 Å². The molecule has 8 nitrogen and oxygen atoms in total. The lowest BCUT2D eigenvalue weighted by molar-refractivity contribution is 0.243. The van der Waals surface area contributed by atoms with Gasteiger partial charge in [0.15, 0.2) is 9.84 Å². The number of benzene rings is 2. The van der Waals surface area contributed by atoms with E-state index in [2.05, 4.69) is 40.0 Å². The molecule has 0 bridgehead atoms. The van der Waals surface area contributed by atoms with Crippen molar-refractivity contribution in [3.63, 3.8) is 0 Å². The molecule has 1 saturated heterocycles. The van der Waals surface area contributed by atoms with Crippen molar-refractivity contribution >= 4 is 48.4 Å². The summed E-state index contributed by atoms with van der Waals surface area (Å²) in [6, 6.07) is 11.2. The van der Waals surface area contributed by atoms with E-state index in [1.165, 1.54) is 11.1 Å². The number of aryl methyl sites for hydroxylation is 1. The number of aromatic nitrogens is 2. The lowest BCUT2D eigenvalue weighted by Crippen LogP contribution is -2.27. The van der Waals surface area contributed by atoms with Crippen LogP contribution in [-0.2, 0) is 9.84 Å². The maximum Gasteiger partial charge on any atom is 0.229 e. The van der Waals surface area contributed by atoms with E-state index in [4.69, 9.17) is 9.72 Å². The number of anilines is 4. The van der Waals surface area contributed by atoms with E-state index >= 15 is 0 Å². The standard InChI is InChI=1S/C28H39N5O3SSi/c1-17(2)36-24-15-21(20-10-12-29-13-11-20)19(5)14-23(24)32-28-30-16-26(38)27(33-28)31-22-8-6-7-9-25(22)37(34,35)18(3)4/h6-9,14-18,20,29H,10-13H2,1-5,38H3,(H2,30,31,32,33). The average Bonchev–Trinajstić information content (AvgIpc) is 2.88. The quantitative estimate of drug-likeness (QED) is 0.345. The molecule has 3 aromatic rings. The molecule has 0 atom stereocenters. The van der Waals surface area contributed by atoms with Crippen LogP contribution in [0.3, 0.4) is 0 Å². The van der Waals surface area contributed by atoms with Gasteiger partial charge in [-0.3, -0.25) is 0 Å². The SMILES string of the molecule is Cc1cc(Nc2ncc([SiH3])c(Nc3ccccc3S(=O)(=O)C(C)C)n2)c(OC(C)C)cc1C1CCNCC1. The second-order valence-corrected chi connectivity index (χ2v) is 14.0. The Hall–Kier alpha value is -2.95. The second kappa shape index (κ2) is 11.8. The third-order valence-electron chi connectivity index (χ3n) is 6.80. The topological polar surface area (TPSA) is 105 Å². The molecule has 0 spiro atoms. The van der Waals surface area contributed by atoms with Gasteiger partial charge in [0, 0.05) is 16.4 Å². The average molecular weight is 554 g/mol. The lowest BCUT2D eigenvalue weighted by atomic mass is 9.87. The number of ether oxygens (including phenoxy) is 1. The molecule has 3 N–H and O–H groups in total. The van der Waals surface area contributed by atoms with Crippen LogP contribution in [0.1, 0.15) is 57.6 Å². The molecule has 0 saturated carbocycles. The summed E-state index contributed by atoms with van der Waals surface area (Å²) in [6.45, 7) is 11.6. The molecule has 1 aromatic heterocycles. The summed E-state index contributed by atoms with van der Waals surface area (Å²) in [5, 5.41) is 10.5. The summed E-state index contributed by atoms with van der Waals surface area (Å²) < 4.78 is 32.1. The van der Waals surface area contributed by atoms with E-state index in [1.807, 2.05) is 19.9 Å². The predicted octanol–water partition coefficient (Wildman–Crippen LogP) is 3.70. The number of para-hydroxylation sites is 1. The molecule has 1 aliphatic heterocycles. The van der Waals surface area contributed by atoms with Crippen molar-refractivity contribution in [2.45, 2.75) is 69.6 Å². The summed E-state index contributed by atoms with van der Waals surface area (Å²) in [6.07, 6.45) is 4.02. The Kier molecular flexibility index (Phi) is 8.74. The number of hydrogen-bond donors (Lipinski definition) is 3. The van der Waals surface area contributed by atoms with Gasteiger partial charge < -0.3 is 20.7 Å². The minimum Gasteiger partial charge on any atom is -0.489 e. The molecule has 2 aromatic carbocycles. The van der Waals surface area contributed by atoms with E-state index in [0.29, 0.717) is 33.6 Å². The molecular weight excluding hydrogens is 514 g/mol. The molecule has 0 radical (unpaired) electrons. The predicted molar refractivity (Wildman–Crippen MR) is 159 cm³/mol. The first-order valence-corrected chi connectivity index (χ1v) is 15.8. The molecule has 1 aliphatic rings. The van der Waals surface area contributed by atoms with Crippen molar-refractivity contribution in [1.29, 1.82) is 0 Å². The highest BCUT2D eigenvalue weighted by molar-refractivity contribution is 7.92. The highest BCUT2D eigenvalue weighted by Crippen LogP contribution is 2.37. The van der Waals surface area contributed by atoms with Crippen LogP contribution in [0.25, 0.3) is 0 Å². The lowest BCUT2D eigenvalue weighted by Gasteiger charge is -2.26. The first-order chi connectivity index (χ1) is 18.1. The van der Waals surface area contributed by atoms with Gasteiger partial charge in [-0.05, 0) is 107 Å². The van der Waals surface area contributed by atoms with Crippen LogP contribution in [0.2, 0.25) is 0 Å². The Labute approximate surface area is 229 Å². The molecule has 38 heavy (non-hydrogen) atoms. The fourth-order valence-corrected chi connectivity index (χ4v) is 6.24. The zero-order chi connectivity index (χ0) is 27.4. The molecule has 204 valence electrons. The minimum atomic E-state index is -3.47. The van der Waals surface area contributed by atoms with E-state index in [-0.39, 0.29) is 11.0 Å². The van der Waals surface area contributed by atoms with E-state index in [0.717, 1.165) is 42.6 Å². The van der Waals surface area contributed by atoms with Crippen molar-refractivity contribution in [3.05, 3.63) is 53.7 Å². The first kappa shape index (κ1) is 28.1. The van der Waals surface area contributed by atoms with Crippen LogP contribution in [0.15, 0.2) is 47.5 Å². The third kappa shape index (κ3) is 6.36. The molecular formula is C28H39N5O3SSi. The highest BCUT2D eigenvalue weighted by atomic mass is 32.2. The zero-order valence-electron chi connectivity index (χ0n) is 23.1. The van der Waals surface area contributed by atoms with Gasteiger partial charge in [0.05, 0.1) is 27.6 Å². The Morgan fingerprint density at radius 2 is 1.76 bits per heavy atom. The maximum absolute atomic E-state index is 12.9. The Morgan fingerprint density at radius 1 is 1.05 bits per heavy atom. The second-order valence-electron chi connectivity index (χ2n) is 10.5. The van der Waals surface area contributed by atoms with Crippen molar-refractivity contribution in [3.8, 4) is 5.75 Å². The number of sulfone groups is 1. The molecule has 4 rings (SSSR count). The fraction of sp³-hybridized carbons (Fsp3) is 0.429. The monoisotopic (exact) mass is 553 g/mol. The van der Waals surface area contributed by atoms with Crippen molar-refractivity contribution < 1.29 is 13.2 Å². The van der Waals surface area contributed by atoms with Gasteiger partial charge in [0.25, 0.3) is 0 Å². The van der Waals surface area contributed by atoms with Gasteiger partial charge in [-0.25, -0.2) is 13.4 Å². The van der Waals surface area contributed by atoms with Crippen molar-refractivity contribution in [1.82, 2.24) is 15.3 Å². The fourth-order valence-electron chi connectivity index (χ4n) is 4.67. The number of piperidine rings is 1. The smallest absolute Gasteiger partial charge is 0.229 e. The molecule has 0 amide bonds. The van der Waals surface area contributed by atoms with Crippen LogP contribution in [0.4, 0.5) is 23.1 Å². The molecule has 2 heterocycles. The normalized spacial score (nSPS) is 14.7. The third-order valence-corrected chi connectivity index (χ3v) is 9.74. The number of rotatable bonds is 9. The molecule has 0 unspecified atom stereocenters. The summed E-state index contributed by atoms with van der Waals surface area (Å²) >= 11 is 0. The van der Waals surface area contributed by atoms with Crippen molar-refractivity contribution in [2.24, 2.45) is 0 Å². The van der Waals surface area contributed by atoms with Crippen molar-refractivity contribution in [2.75, 3.05) is 23.7 Å². The van der Waals surface area contributed by atoms with Gasteiger partial charge in [0.2, 0.25) is 5.95 Å². The van der Waals surface area contributed by atoms with Gasteiger partial charge in [-0.2, -0.15) is 4.98 Å². The van der Waals surface area contributed by atoms with Crippen LogP contribution in [0, 0.1) is 6.92 Å². The summed E-state index contributed by atoms with van der Waals surface area (Å²) in [4.78, 5) is 9.53. The van der Waals surface area contributed by atoms with Gasteiger partial charge in [-0.15, -0.1) is 0 Å². The Bertz CT molecular complexity index is 1390. The van der Waals surface area contributed by atoms with Crippen LogP contribution < -0.4 is 25.9 Å². The maximum atomic E-state index is 12.9. The van der Waals surface area contributed by atoms with E-state index < -0.39 is 15.1 Å². The first-order valence-electron chi connectivity index (χ1n) is 13.3. The summed E-state index contributed by atoms with van der Waals surface area (Å²) in [7, 11) is -2.77. The summed E-state index contributed by atoms with van der Waals surface area (Å²) in [5.41, 5.74) is 3.85. The Balaban J connectivity index is 1.66. The van der Waals surface area contributed by atoms with Gasteiger partial charge in [-0.1, -0.05) is 12.1 Å². The molecule has 0 aliphatic carbocycles. The number of hydrogen-bond acceptors (Lipinski definition) is 8. The van der Waals surface area contributed by atoms with Crippen LogP contribution in [-0.4, -0.2) is 53.1 Å². The van der Waals surface area contributed by atoms with Crippen LogP contribution in [0.5, 0.6) is 5.75 Å². The van der Waals surface area contributed by atoms with E-state index in [9.17, 15) is 8.42 Å². The van der Waals surface area contributed by atoms with E-state index in [1.54, 1.807) is 38.2 Å². The largest absolute Gasteiger partial charge is 0.489 e.